The largest absolute Gasteiger partial charge is 0.495 e. The monoisotopic (exact) mass is 372 g/mol. The number of benzene rings is 2. The molecule has 140 valence electrons. The summed E-state index contributed by atoms with van der Waals surface area (Å²) in [6.45, 7) is 3.84. The van der Waals surface area contributed by atoms with Crippen molar-refractivity contribution in [1.29, 1.82) is 0 Å². The second-order valence-electron chi connectivity index (χ2n) is 6.64. The lowest BCUT2D eigenvalue weighted by Crippen LogP contribution is -2.14. The normalized spacial score (nSPS) is 10.8. The molecule has 2 aromatic carbocycles. The number of anilines is 1. The Bertz CT molecular complexity index is 1180. The van der Waals surface area contributed by atoms with E-state index in [0.717, 1.165) is 22.2 Å². The average Bonchev–Trinajstić information content (AvgIpc) is 3.13. The first-order chi connectivity index (χ1) is 13.5. The molecule has 28 heavy (non-hydrogen) atoms. The second kappa shape index (κ2) is 7.19. The number of nitrogens with one attached hydrogen (secondary N) is 1. The number of ether oxygens (including phenoxy) is 1. The standard InChI is InChI=1S/C23H20N2O3/c1-14-8-10-21(27-3)19(12-14)25-23(26)17-13-20(22-11-9-15(2)28-22)24-18-7-5-4-6-16(17)18/h4-13H,1-3H3,(H,25,26). The number of aryl methyl sites for hydroxylation is 2. The van der Waals surface area contributed by atoms with Crippen LogP contribution in [0.25, 0.3) is 22.4 Å². The molecule has 0 aliphatic rings. The fourth-order valence-electron chi connectivity index (χ4n) is 3.17. The van der Waals surface area contributed by atoms with Crippen LogP contribution < -0.4 is 10.1 Å². The maximum Gasteiger partial charge on any atom is 0.256 e. The highest BCUT2D eigenvalue weighted by Gasteiger charge is 2.17. The molecule has 2 heterocycles. The third-order valence-corrected chi connectivity index (χ3v) is 4.56. The zero-order valence-electron chi connectivity index (χ0n) is 15.9. The van der Waals surface area contributed by atoms with Gasteiger partial charge in [-0.3, -0.25) is 4.79 Å². The van der Waals surface area contributed by atoms with E-state index in [0.29, 0.717) is 28.5 Å². The van der Waals surface area contributed by atoms with Crippen LogP contribution in [0.4, 0.5) is 5.69 Å². The second-order valence-corrected chi connectivity index (χ2v) is 6.64. The summed E-state index contributed by atoms with van der Waals surface area (Å²) in [6.07, 6.45) is 0. The molecule has 0 saturated carbocycles. The lowest BCUT2D eigenvalue weighted by atomic mass is 10.1. The third-order valence-electron chi connectivity index (χ3n) is 4.56. The molecule has 0 atom stereocenters. The maximum absolute atomic E-state index is 13.2. The summed E-state index contributed by atoms with van der Waals surface area (Å²) in [7, 11) is 1.58. The molecule has 0 radical (unpaired) electrons. The number of pyridine rings is 1. The number of fused-ring (bicyclic) bond motifs is 1. The predicted octanol–water partition coefficient (Wildman–Crippen LogP) is 5.37. The highest BCUT2D eigenvalue weighted by Crippen LogP contribution is 2.29. The molecule has 0 spiro atoms. The van der Waals surface area contributed by atoms with E-state index in [2.05, 4.69) is 10.3 Å². The third kappa shape index (κ3) is 3.34. The molecule has 0 saturated heterocycles. The molecule has 5 heteroatoms. The zero-order chi connectivity index (χ0) is 19.7. The van der Waals surface area contributed by atoms with E-state index < -0.39 is 0 Å². The van der Waals surface area contributed by atoms with Gasteiger partial charge in [0.1, 0.15) is 17.2 Å². The molecule has 2 aromatic heterocycles. The number of amides is 1. The minimum atomic E-state index is -0.230. The molecule has 4 rings (SSSR count). The summed E-state index contributed by atoms with van der Waals surface area (Å²) in [5.74, 6) is 1.80. The van der Waals surface area contributed by atoms with Crippen LogP contribution in [0.1, 0.15) is 21.7 Å². The van der Waals surface area contributed by atoms with Crippen LogP contribution in [-0.4, -0.2) is 18.0 Å². The van der Waals surface area contributed by atoms with Crippen molar-refractivity contribution in [2.24, 2.45) is 0 Å². The number of hydrogen-bond donors (Lipinski definition) is 1. The molecular formula is C23H20N2O3. The Morgan fingerprint density at radius 1 is 1.04 bits per heavy atom. The fraction of sp³-hybridized carbons (Fsp3) is 0.130. The van der Waals surface area contributed by atoms with Gasteiger partial charge in [0.25, 0.3) is 5.91 Å². The zero-order valence-corrected chi connectivity index (χ0v) is 15.9. The van der Waals surface area contributed by atoms with E-state index in [-0.39, 0.29) is 5.91 Å². The van der Waals surface area contributed by atoms with Crippen LogP contribution in [0.5, 0.6) is 5.75 Å². The molecule has 1 amide bonds. The van der Waals surface area contributed by atoms with Crippen LogP contribution in [-0.2, 0) is 0 Å². The van der Waals surface area contributed by atoms with Gasteiger partial charge in [-0.2, -0.15) is 0 Å². The summed E-state index contributed by atoms with van der Waals surface area (Å²) in [5.41, 5.74) is 3.54. The Labute approximate surface area is 163 Å². The Hall–Kier alpha value is -3.60. The van der Waals surface area contributed by atoms with Gasteiger partial charge >= 0.3 is 0 Å². The lowest BCUT2D eigenvalue weighted by molar-refractivity contribution is 0.102. The highest BCUT2D eigenvalue weighted by molar-refractivity contribution is 6.13. The molecule has 0 aliphatic carbocycles. The van der Waals surface area contributed by atoms with E-state index in [9.17, 15) is 4.79 Å². The van der Waals surface area contributed by atoms with Crippen LogP contribution in [0, 0.1) is 13.8 Å². The van der Waals surface area contributed by atoms with Crippen LogP contribution in [0.2, 0.25) is 0 Å². The Morgan fingerprint density at radius 3 is 2.61 bits per heavy atom. The molecule has 0 aliphatic heterocycles. The Morgan fingerprint density at radius 2 is 1.86 bits per heavy atom. The summed E-state index contributed by atoms with van der Waals surface area (Å²) >= 11 is 0. The van der Waals surface area contributed by atoms with Crippen LogP contribution in [0.15, 0.2) is 65.1 Å². The fourth-order valence-corrected chi connectivity index (χ4v) is 3.17. The lowest BCUT2D eigenvalue weighted by Gasteiger charge is -2.13. The van der Waals surface area contributed by atoms with Gasteiger partial charge in [-0.05, 0) is 55.8 Å². The Balaban J connectivity index is 1.81. The molecule has 0 fully saturated rings. The van der Waals surface area contributed by atoms with Crippen molar-refractivity contribution in [3.63, 3.8) is 0 Å². The quantitative estimate of drug-likeness (QED) is 0.523. The van der Waals surface area contributed by atoms with Gasteiger partial charge in [0, 0.05) is 5.39 Å². The summed E-state index contributed by atoms with van der Waals surface area (Å²) in [4.78, 5) is 17.8. The van der Waals surface area contributed by atoms with Crippen molar-refractivity contribution in [3.8, 4) is 17.2 Å². The first-order valence-corrected chi connectivity index (χ1v) is 8.98. The van der Waals surface area contributed by atoms with Crippen molar-refractivity contribution < 1.29 is 13.9 Å². The van der Waals surface area contributed by atoms with Crippen molar-refractivity contribution in [2.75, 3.05) is 12.4 Å². The van der Waals surface area contributed by atoms with Crippen LogP contribution >= 0.6 is 0 Å². The summed E-state index contributed by atoms with van der Waals surface area (Å²) in [6, 6.07) is 18.7. The van der Waals surface area contributed by atoms with E-state index in [1.54, 1.807) is 13.2 Å². The van der Waals surface area contributed by atoms with Gasteiger partial charge < -0.3 is 14.5 Å². The SMILES string of the molecule is COc1ccc(C)cc1NC(=O)c1cc(-c2ccc(C)o2)nc2ccccc12. The van der Waals surface area contributed by atoms with Crippen molar-refractivity contribution in [2.45, 2.75) is 13.8 Å². The van der Waals surface area contributed by atoms with E-state index >= 15 is 0 Å². The van der Waals surface area contributed by atoms with Crippen LogP contribution in [0.3, 0.4) is 0 Å². The number of nitrogens with zero attached hydrogens (tertiary/aromatic N) is 1. The minimum absolute atomic E-state index is 0.230. The van der Waals surface area contributed by atoms with E-state index in [1.165, 1.54) is 0 Å². The number of carbonyl (C=O) groups is 1. The number of furan rings is 1. The number of rotatable bonds is 4. The summed E-state index contributed by atoms with van der Waals surface area (Å²) < 4.78 is 11.1. The molecular weight excluding hydrogens is 352 g/mol. The smallest absolute Gasteiger partial charge is 0.256 e. The first kappa shape index (κ1) is 17.8. The molecule has 0 unspecified atom stereocenters. The topological polar surface area (TPSA) is 64.4 Å². The van der Waals surface area contributed by atoms with Gasteiger partial charge in [-0.25, -0.2) is 4.98 Å². The highest BCUT2D eigenvalue weighted by atomic mass is 16.5. The summed E-state index contributed by atoms with van der Waals surface area (Å²) in [5, 5.41) is 3.75. The number of para-hydroxylation sites is 1. The molecule has 1 N–H and O–H groups in total. The van der Waals surface area contributed by atoms with Gasteiger partial charge in [0.05, 0.1) is 23.9 Å². The van der Waals surface area contributed by atoms with Gasteiger partial charge in [0.15, 0.2) is 5.76 Å². The van der Waals surface area contributed by atoms with Crippen molar-refractivity contribution in [3.05, 3.63) is 77.6 Å². The van der Waals surface area contributed by atoms with Gasteiger partial charge in [0.2, 0.25) is 0 Å². The molecule has 0 bridgehead atoms. The van der Waals surface area contributed by atoms with Crippen molar-refractivity contribution in [1.82, 2.24) is 4.98 Å². The predicted molar refractivity (Wildman–Crippen MR) is 110 cm³/mol. The van der Waals surface area contributed by atoms with E-state index in [4.69, 9.17) is 9.15 Å². The van der Waals surface area contributed by atoms with Crippen molar-refractivity contribution >= 4 is 22.5 Å². The van der Waals surface area contributed by atoms with Gasteiger partial charge in [-0.1, -0.05) is 24.3 Å². The number of methoxy groups -OCH3 is 1. The number of aromatic nitrogens is 1. The molecule has 5 nitrogen and oxygen atoms in total. The first-order valence-electron chi connectivity index (χ1n) is 8.98. The van der Waals surface area contributed by atoms with Gasteiger partial charge in [-0.15, -0.1) is 0 Å². The minimum Gasteiger partial charge on any atom is -0.495 e. The maximum atomic E-state index is 13.2. The Kier molecular flexibility index (Phi) is 4.57. The number of hydrogen-bond acceptors (Lipinski definition) is 4. The average molecular weight is 372 g/mol. The molecule has 4 aromatic rings. The van der Waals surface area contributed by atoms with E-state index in [1.807, 2.05) is 68.4 Å². The number of carbonyl (C=O) groups excluding carboxylic acids is 1.